The lowest BCUT2D eigenvalue weighted by Gasteiger charge is -2.16. The Bertz CT molecular complexity index is 802. The van der Waals surface area contributed by atoms with Gasteiger partial charge in [0.2, 0.25) is 5.91 Å². The molecule has 23 heavy (non-hydrogen) atoms. The molecule has 1 aromatic heterocycles. The van der Waals surface area contributed by atoms with Gasteiger partial charge in [-0.05, 0) is 29.3 Å². The van der Waals surface area contributed by atoms with Crippen molar-refractivity contribution in [3.8, 4) is 0 Å². The number of carbonyl (C=O) groups is 1. The second-order valence-electron chi connectivity index (χ2n) is 5.18. The summed E-state index contributed by atoms with van der Waals surface area (Å²) in [5.41, 5.74) is 1.12. The first-order valence-corrected chi connectivity index (χ1v) is 8.39. The molecule has 1 atom stereocenters. The van der Waals surface area contributed by atoms with E-state index in [-0.39, 0.29) is 11.9 Å². The topological polar surface area (TPSA) is 54.9 Å². The molecule has 3 rings (SSSR count). The van der Waals surface area contributed by atoms with Crippen LogP contribution in [0.1, 0.15) is 18.5 Å². The Kier molecular flexibility index (Phi) is 4.88. The molecule has 0 radical (unpaired) electrons. The van der Waals surface area contributed by atoms with Crippen LogP contribution in [0.15, 0.2) is 66.1 Å². The summed E-state index contributed by atoms with van der Waals surface area (Å²) in [6.07, 6.45) is 3.35. The van der Waals surface area contributed by atoms with Gasteiger partial charge in [0.25, 0.3) is 0 Å². The standard InChI is InChI=1S/C18H17N3OS/c1-13(15-9-4-7-14-6-2-3-8-16(14)15)21-17(22)12-23-18-19-10-5-11-20-18/h2-11,13H,12H2,1H3,(H,21,22)/t13-/m0/s1. The molecule has 2 aromatic carbocycles. The van der Waals surface area contributed by atoms with Crippen LogP contribution in [0.2, 0.25) is 0 Å². The van der Waals surface area contributed by atoms with Crippen molar-refractivity contribution in [2.45, 2.75) is 18.1 Å². The minimum Gasteiger partial charge on any atom is -0.349 e. The third-order valence-electron chi connectivity index (χ3n) is 3.54. The van der Waals surface area contributed by atoms with Crippen LogP contribution in [-0.4, -0.2) is 21.6 Å². The Morgan fingerprint density at radius 3 is 2.65 bits per heavy atom. The summed E-state index contributed by atoms with van der Waals surface area (Å²) < 4.78 is 0. The zero-order chi connectivity index (χ0) is 16.1. The van der Waals surface area contributed by atoms with E-state index < -0.39 is 0 Å². The molecule has 3 aromatic rings. The van der Waals surface area contributed by atoms with E-state index in [2.05, 4.69) is 39.6 Å². The van der Waals surface area contributed by atoms with Gasteiger partial charge >= 0.3 is 0 Å². The van der Waals surface area contributed by atoms with Gasteiger partial charge in [-0.15, -0.1) is 0 Å². The number of benzene rings is 2. The normalized spacial score (nSPS) is 12.0. The molecule has 0 spiro atoms. The number of rotatable bonds is 5. The van der Waals surface area contributed by atoms with Gasteiger partial charge in [0.1, 0.15) is 0 Å². The highest BCUT2D eigenvalue weighted by atomic mass is 32.2. The second-order valence-corrected chi connectivity index (χ2v) is 6.12. The van der Waals surface area contributed by atoms with E-state index in [1.807, 2.05) is 25.1 Å². The highest BCUT2D eigenvalue weighted by Gasteiger charge is 2.12. The third kappa shape index (κ3) is 3.87. The summed E-state index contributed by atoms with van der Waals surface area (Å²) >= 11 is 1.34. The lowest BCUT2D eigenvalue weighted by atomic mass is 10.00. The molecule has 0 fully saturated rings. The maximum absolute atomic E-state index is 12.1. The molecular weight excluding hydrogens is 306 g/mol. The van der Waals surface area contributed by atoms with Gasteiger partial charge in [-0.1, -0.05) is 54.2 Å². The minimum absolute atomic E-state index is 0.0251. The number of amides is 1. The van der Waals surface area contributed by atoms with Crippen molar-refractivity contribution in [2.75, 3.05) is 5.75 Å². The van der Waals surface area contributed by atoms with Crippen molar-refractivity contribution in [3.63, 3.8) is 0 Å². The Morgan fingerprint density at radius 1 is 1.09 bits per heavy atom. The summed E-state index contributed by atoms with van der Waals surface area (Å²) in [5, 5.41) is 6.00. The summed E-state index contributed by atoms with van der Waals surface area (Å²) in [4.78, 5) is 20.4. The average molecular weight is 323 g/mol. The van der Waals surface area contributed by atoms with Crippen molar-refractivity contribution in [1.82, 2.24) is 15.3 Å². The molecular formula is C18H17N3OS. The monoisotopic (exact) mass is 323 g/mol. The Labute approximate surface area is 139 Å². The number of nitrogens with one attached hydrogen (secondary N) is 1. The Balaban J connectivity index is 1.66. The smallest absolute Gasteiger partial charge is 0.230 e. The number of hydrogen-bond acceptors (Lipinski definition) is 4. The van der Waals surface area contributed by atoms with E-state index in [0.29, 0.717) is 10.9 Å². The van der Waals surface area contributed by atoms with Gasteiger partial charge in [0, 0.05) is 12.4 Å². The van der Waals surface area contributed by atoms with Crippen molar-refractivity contribution < 1.29 is 4.79 Å². The van der Waals surface area contributed by atoms with Gasteiger partial charge in [-0.3, -0.25) is 4.79 Å². The molecule has 0 saturated carbocycles. The molecule has 116 valence electrons. The molecule has 0 aliphatic rings. The van der Waals surface area contributed by atoms with Gasteiger partial charge < -0.3 is 5.32 Å². The summed E-state index contributed by atoms with van der Waals surface area (Å²) in [7, 11) is 0. The average Bonchev–Trinajstić information content (AvgIpc) is 2.60. The van der Waals surface area contributed by atoms with E-state index in [1.54, 1.807) is 18.5 Å². The number of hydrogen-bond donors (Lipinski definition) is 1. The predicted octanol–water partition coefficient (Wildman–Crippen LogP) is 3.60. The molecule has 1 heterocycles. The van der Waals surface area contributed by atoms with Gasteiger partial charge in [-0.2, -0.15) is 0 Å². The largest absolute Gasteiger partial charge is 0.349 e. The fraction of sp³-hybridized carbons (Fsp3) is 0.167. The van der Waals surface area contributed by atoms with Crippen LogP contribution < -0.4 is 5.32 Å². The Hall–Kier alpha value is -2.40. The summed E-state index contributed by atoms with van der Waals surface area (Å²) in [5.74, 6) is 0.280. The second kappa shape index (κ2) is 7.24. The molecule has 0 saturated heterocycles. The molecule has 0 aliphatic heterocycles. The molecule has 0 unspecified atom stereocenters. The van der Waals surface area contributed by atoms with Crippen LogP contribution >= 0.6 is 11.8 Å². The van der Waals surface area contributed by atoms with Crippen LogP contribution in [0.3, 0.4) is 0 Å². The number of fused-ring (bicyclic) bond motifs is 1. The fourth-order valence-electron chi connectivity index (χ4n) is 2.48. The van der Waals surface area contributed by atoms with Gasteiger partial charge in [0.05, 0.1) is 11.8 Å². The van der Waals surface area contributed by atoms with Crippen LogP contribution in [0.25, 0.3) is 10.8 Å². The highest BCUT2D eigenvalue weighted by molar-refractivity contribution is 7.99. The van der Waals surface area contributed by atoms with Crippen molar-refractivity contribution in [3.05, 3.63) is 66.5 Å². The summed E-state index contributed by atoms with van der Waals surface area (Å²) in [6.45, 7) is 2.00. The molecule has 5 heteroatoms. The first-order valence-electron chi connectivity index (χ1n) is 7.41. The van der Waals surface area contributed by atoms with Crippen LogP contribution in [-0.2, 0) is 4.79 Å². The van der Waals surface area contributed by atoms with E-state index in [0.717, 1.165) is 5.56 Å². The van der Waals surface area contributed by atoms with Gasteiger partial charge in [0.15, 0.2) is 5.16 Å². The van der Waals surface area contributed by atoms with Crippen LogP contribution in [0.4, 0.5) is 0 Å². The van der Waals surface area contributed by atoms with E-state index >= 15 is 0 Å². The first kappa shape index (κ1) is 15.5. The van der Waals surface area contributed by atoms with E-state index in [9.17, 15) is 4.79 Å². The number of carbonyl (C=O) groups excluding carboxylic acids is 1. The van der Waals surface area contributed by atoms with Crippen molar-refractivity contribution in [1.29, 1.82) is 0 Å². The SMILES string of the molecule is C[C@H](NC(=O)CSc1ncccn1)c1cccc2ccccc12. The van der Waals surface area contributed by atoms with Crippen molar-refractivity contribution in [2.24, 2.45) is 0 Å². The van der Waals surface area contributed by atoms with Gasteiger partial charge in [-0.25, -0.2) is 9.97 Å². The maximum Gasteiger partial charge on any atom is 0.230 e. The van der Waals surface area contributed by atoms with E-state index in [1.165, 1.54) is 22.5 Å². The molecule has 0 bridgehead atoms. The zero-order valence-corrected chi connectivity index (χ0v) is 13.6. The zero-order valence-electron chi connectivity index (χ0n) is 12.8. The lowest BCUT2D eigenvalue weighted by Crippen LogP contribution is -2.28. The predicted molar refractivity (Wildman–Crippen MR) is 93.3 cm³/mol. The molecule has 0 aliphatic carbocycles. The number of aromatic nitrogens is 2. The first-order chi connectivity index (χ1) is 11.2. The lowest BCUT2D eigenvalue weighted by molar-refractivity contribution is -0.119. The molecule has 1 amide bonds. The molecule has 4 nitrogen and oxygen atoms in total. The third-order valence-corrected chi connectivity index (χ3v) is 4.42. The number of thioether (sulfide) groups is 1. The summed E-state index contributed by atoms with van der Waals surface area (Å²) in [6, 6.07) is 16.1. The molecule has 1 N–H and O–H groups in total. The van der Waals surface area contributed by atoms with Crippen molar-refractivity contribution >= 4 is 28.4 Å². The highest BCUT2D eigenvalue weighted by Crippen LogP contribution is 2.24. The maximum atomic E-state index is 12.1. The van der Waals surface area contributed by atoms with Crippen LogP contribution in [0, 0.1) is 0 Å². The number of nitrogens with zero attached hydrogens (tertiary/aromatic N) is 2. The minimum atomic E-state index is -0.0501. The fourth-order valence-corrected chi connectivity index (χ4v) is 3.09. The van der Waals surface area contributed by atoms with Crippen LogP contribution in [0.5, 0.6) is 0 Å². The van der Waals surface area contributed by atoms with E-state index in [4.69, 9.17) is 0 Å². The Morgan fingerprint density at radius 2 is 1.83 bits per heavy atom. The quantitative estimate of drug-likeness (QED) is 0.576.